The fraction of sp³-hybridized carbons (Fsp3) is 0.529. The molecule has 1 saturated carbocycles. The van der Waals surface area contributed by atoms with Gasteiger partial charge < -0.3 is 10.0 Å². The number of carboxylic acids is 1. The highest BCUT2D eigenvalue weighted by molar-refractivity contribution is 5.85. The summed E-state index contributed by atoms with van der Waals surface area (Å²) in [7, 11) is 0. The summed E-state index contributed by atoms with van der Waals surface area (Å²) in [6.07, 6.45) is 2.51. The molecule has 1 aromatic rings. The van der Waals surface area contributed by atoms with Crippen LogP contribution in [0.5, 0.6) is 0 Å². The third-order valence-corrected chi connectivity index (χ3v) is 5.82. The Morgan fingerprint density at radius 3 is 2.71 bits per heavy atom. The molecule has 24 heavy (non-hydrogen) atoms. The van der Waals surface area contributed by atoms with E-state index < -0.39 is 17.4 Å². The largest absolute Gasteiger partial charge is 0.481 e. The summed E-state index contributed by atoms with van der Waals surface area (Å²) in [4.78, 5) is 26.6. The van der Waals surface area contributed by atoms with Crippen LogP contribution in [0.2, 0.25) is 0 Å². The van der Waals surface area contributed by atoms with E-state index >= 15 is 0 Å². The van der Waals surface area contributed by atoms with E-state index in [1.807, 2.05) is 30.3 Å². The standard InChI is InChI=1S/C17H22N4O3/c22-15(14-13(18-20-19-14)11-5-2-1-3-6-11)21-9-12-7-4-8-17(12,10-21)16(23)24/h1-3,5-6,12-14,18-20H,4,7-10H2,(H,23,24)/t12-,13?,14?,17+/m0/s1. The van der Waals surface area contributed by atoms with E-state index in [2.05, 4.69) is 16.4 Å². The molecule has 4 atom stereocenters. The highest BCUT2D eigenvalue weighted by atomic mass is 16.4. The number of hydrogen-bond donors (Lipinski definition) is 4. The molecule has 2 saturated heterocycles. The van der Waals surface area contributed by atoms with Gasteiger partial charge >= 0.3 is 5.97 Å². The molecular formula is C17H22N4O3. The SMILES string of the molecule is O=C(C1NNNC1c1ccccc1)N1C[C@@H]2CCC[C@@]2(C(=O)O)C1. The number of carboxylic acid groups (broad SMARTS) is 1. The first-order valence-electron chi connectivity index (χ1n) is 8.45. The van der Waals surface area contributed by atoms with E-state index in [0.29, 0.717) is 19.5 Å². The Morgan fingerprint density at radius 1 is 1.21 bits per heavy atom. The molecule has 0 bridgehead atoms. The van der Waals surface area contributed by atoms with Crippen molar-refractivity contribution in [1.29, 1.82) is 0 Å². The fourth-order valence-corrected chi connectivity index (χ4v) is 4.51. The van der Waals surface area contributed by atoms with Gasteiger partial charge in [0.2, 0.25) is 5.91 Å². The van der Waals surface area contributed by atoms with E-state index in [-0.39, 0.29) is 17.9 Å². The van der Waals surface area contributed by atoms with Gasteiger partial charge in [-0.2, -0.15) is 5.53 Å². The second kappa shape index (κ2) is 5.84. The lowest BCUT2D eigenvalue weighted by molar-refractivity contribution is -0.149. The van der Waals surface area contributed by atoms with Crippen molar-refractivity contribution in [3.63, 3.8) is 0 Å². The Kier molecular flexibility index (Phi) is 3.79. The molecule has 128 valence electrons. The Bertz CT molecular complexity index is 652. The van der Waals surface area contributed by atoms with Crippen molar-refractivity contribution >= 4 is 11.9 Å². The van der Waals surface area contributed by atoms with Gasteiger partial charge in [0.05, 0.1) is 11.5 Å². The number of carbonyl (C=O) groups is 2. The summed E-state index contributed by atoms with van der Waals surface area (Å²) < 4.78 is 0. The van der Waals surface area contributed by atoms with Crippen LogP contribution in [-0.4, -0.2) is 41.0 Å². The number of nitrogens with one attached hydrogen (secondary N) is 3. The second-order valence-electron chi connectivity index (χ2n) is 7.05. The predicted octanol–water partition coefficient (Wildman–Crippen LogP) is 0.422. The molecule has 2 aliphatic heterocycles. The molecule has 3 fully saturated rings. The highest BCUT2D eigenvalue weighted by Gasteiger charge is 2.56. The van der Waals surface area contributed by atoms with Gasteiger partial charge in [-0.15, -0.1) is 0 Å². The van der Waals surface area contributed by atoms with Crippen LogP contribution in [-0.2, 0) is 9.59 Å². The van der Waals surface area contributed by atoms with Gasteiger partial charge in [-0.25, -0.2) is 10.9 Å². The normalized spacial score (nSPS) is 35.2. The lowest BCUT2D eigenvalue weighted by Crippen LogP contribution is -2.47. The number of hydrazine groups is 2. The molecule has 0 radical (unpaired) electrons. The smallest absolute Gasteiger partial charge is 0.311 e. The second-order valence-corrected chi connectivity index (χ2v) is 7.05. The van der Waals surface area contributed by atoms with Crippen molar-refractivity contribution in [3.05, 3.63) is 35.9 Å². The van der Waals surface area contributed by atoms with E-state index in [9.17, 15) is 14.7 Å². The van der Waals surface area contributed by atoms with Crippen LogP contribution in [0.1, 0.15) is 30.9 Å². The van der Waals surface area contributed by atoms with Crippen LogP contribution < -0.4 is 16.4 Å². The van der Waals surface area contributed by atoms with E-state index in [1.54, 1.807) is 4.90 Å². The maximum atomic E-state index is 13.0. The molecule has 0 aromatic heterocycles. The Hall–Kier alpha value is -1.96. The number of benzene rings is 1. The molecule has 1 aliphatic carbocycles. The Morgan fingerprint density at radius 2 is 2.00 bits per heavy atom. The zero-order valence-corrected chi connectivity index (χ0v) is 13.4. The minimum Gasteiger partial charge on any atom is -0.481 e. The predicted molar refractivity (Wildman–Crippen MR) is 86.4 cm³/mol. The Labute approximate surface area is 140 Å². The molecule has 7 heteroatoms. The van der Waals surface area contributed by atoms with E-state index in [4.69, 9.17) is 0 Å². The third-order valence-electron chi connectivity index (χ3n) is 5.82. The topological polar surface area (TPSA) is 93.7 Å². The maximum absolute atomic E-state index is 13.0. The highest BCUT2D eigenvalue weighted by Crippen LogP contribution is 2.49. The molecule has 4 rings (SSSR count). The van der Waals surface area contributed by atoms with Crippen LogP contribution in [0, 0.1) is 11.3 Å². The summed E-state index contributed by atoms with van der Waals surface area (Å²) in [6, 6.07) is 9.15. The van der Waals surface area contributed by atoms with Gasteiger partial charge in [0.15, 0.2) is 0 Å². The van der Waals surface area contributed by atoms with Gasteiger partial charge in [0.1, 0.15) is 6.04 Å². The molecule has 4 N–H and O–H groups in total. The lowest BCUT2D eigenvalue weighted by Gasteiger charge is -2.26. The first kappa shape index (κ1) is 15.6. The van der Waals surface area contributed by atoms with Crippen LogP contribution >= 0.6 is 0 Å². The van der Waals surface area contributed by atoms with Crippen molar-refractivity contribution in [2.45, 2.75) is 31.3 Å². The number of likely N-dealkylation sites (tertiary alicyclic amines) is 1. The fourth-order valence-electron chi connectivity index (χ4n) is 4.51. The summed E-state index contributed by atoms with van der Waals surface area (Å²) in [5, 5.41) is 9.69. The van der Waals surface area contributed by atoms with Gasteiger partial charge in [-0.05, 0) is 24.3 Å². The monoisotopic (exact) mass is 330 g/mol. The molecule has 2 heterocycles. The van der Waals surface area contributed by atoms with Crippen LogP contribution in [0.25, 0.3) is 0 Å². The van der Waals surface area contributed by atoms with Crippen LogP contribution in [0.3, 0.4) is 0 Å². The van der Waals surface area contributed by atoms with Gasteiger partial charge in [0.25, 0.3) is 0 Å². The minimum atomic E-state index is -0.754. The Balaban J connectivity index is 1.53. The number of hydrogen-bond acceptors (Lipinski definition) is 5. The minimum absolute atomic E-state index is 0.0450. The van der Waals surface area contributed by atoms with Crippen molar-refractivity contribution in [2.75, 3.05) is 13.1 Å². The van der Waals surface area contributed by atoms with Crippen molar-refractivity contribution in [2.24, 2.45) is 11.3 Å². The molecular weight excluding hydrogens is 308 g/mol. The zero-order chi connectivity index (χ0) is 16.7. The zero-order valence-electron chi connectivity index (χ0n) is 13.4. The molecule has 1 aromatic carbocycles. The van der Waals surface area contributed by atoms with Gasteiger partial charge in [-0.3, -0.25) is 9.59 Å². The molecule has 7 nitrogen and oxygen atoms in total. The summed E-state index contributed by atoms with van der Waals surface area (Å²) in [5.74, 6) is -0.719. The average Bonchev–Trinajstić information content (AvgIpc) is 3.28. The lowest BCUT2D eigenvalue weighted by atomic mass is 9.81. The number of fused-ring (bicyclic) bond motifs is 1. The average molecular weight is 330 g/mol. The molecule has 2 unspecified atom stereocenters. The summed E-state index contributed by atoms with van der Waals surface area (Å²) in [5.41, 5.74) is 9.19. The van der Waals surface area contributed by atoms with E-state index in [1.165, 1.54) is 0 Å². The quantitative estimate of drug-likeness (QED) is 0.642. The van der Waals surface area contributed by atoms with Gasteiger partial charge in [0, 0.05) is 13.1 Å². The first-order valence-corrected chi connectivity index (χ1v) is 8.45. The van der Waals surface area contributed by atoms with Crippen LogP contribution in [0.15, 0.2) is 30.3 Å². The number of amides is 1. The number of carbonyl (C=O) groups excluding carboxylic acids is 1. The first-order chi connectivity index (χ1) is 11.6. The molecule has 1 amide bonds. The van der Waals surface area contributed by atoms with Crippen molar-refractivity contribution in [1.82, 2.24) is 21.3 Å². The summed E-state index contributed by atoms with van der Waals surface area (Å²) >= 11 is 0. The van der Waals surface area contributed by atoms with Gasteiger partial charge in [-0.1, -0.05) is 36.8 Å². The molecule has 0 spiro atoms. The third kappa shape index (κ3) is 2.31. The van der Waals surface area contributed by atoms with Crippen LogP contribution in [0.4, 0.5) is 0 Å². The van der Waals surface area contributed by atoms with Crippen molar-refractivity contribution in [3.8, 4) is 0 Å². The number of nitrogens with zero attached hydrogens (tertiary/aromatic N) is 1. The maximum Gasteiger partial charge on any atom is 0.311 e. The number of rotatable bonds is 3. The van der Waals surface area contributed by atoms with Crippen molar-refractivity contribution < 1.29 is 14.7 Å². The summed E-state index contributed by atoms with van der Waals surface area (Å²) in [6.45, 7) is 0.871. The number of aliphatic carboxylic acids is 1. The molecule has 3 aliphatic rings. The van der Waals surface area contributed by atoms with E-state index in [0.717, 1.165) is 18.4 Å².